The fourth-order valence-corrected chi connectivity index (χ4v) is 2.42. The van der Waals surface area contributed by atoms with E-state index in [0.29, 0.717) is 24.2 Å². The molecular formula is C17H26O. The Bertz CT molecular complexity index is 385. The predicted octanol–water partition coefficient (Wildman–Crippen LogP) is 4.80. The molecule has 0 spiro atoms. The van der Waals surface area contributed by atoms with Crippen LogP contribution in [0.4, 0.5) is 0 Å². The van der Waals surface area contributed by atoms with Crippen LogP contribution < -0.4 is 0 Å². The van der Waals surface area contributed by atoms with E-state index in [1.807, 2.05) is 0 Å². The van der Waals surface area contributed by atoms with E-state index < -0.39 is 0 Å². The van der Waals surface area contributed by atoms with Crippen molar-refractivity contribution in [3.63, 3.8) is 0 Å². The molecule has 0 radical (unpaired) electrons. The Balaban J connectivity index is 3.49. The Labute approximate surface area is 112 Å². The molecule has 0 amide bonds. The summed E-state index contributed by atoms with van der Waals surface area (Å²) >= 11 is 0. The summed E-state index contributed by atoms with van der Waals surface area (Å²) in [4.78, 5) is 10.9. The van der Waals surface area contributed by atoms with Gasteiger partial charge in [0, 0.05) is 6.42 Å². The number of rotatable bonds is 5. The number of carbonyl (C=O) groups excluding carboxylic acids is 1. The van der Waals surface area contributed by atoms with Gasteiger partial charge in [-0.15, -0.1) is 0 Å². The van der Waals surface area contributed by atoms with Crippen molar-refractivity contribution in [2.75, 3.05) is 0 Å². The van der Waals surface area contributed by atoms with Crippen LogP contribution in [0.5, 0.6) is 0 Å². The monoisotopic (exact) mass is 246 g/mol. The van der Waals surface area contributed by atoms with Crippen molar-refractivity contribution >= 4 is 6.29 Å². The van der Waals surface area contributed by atoms with Gasteiger partial charge in [0.05, 0.1) is 0 Å². The van der Waals surface area contributed by atoms with Crippen molar-refractivity contribution in [1.82, 2.24) is 0 Å². The van der Waals surface area contributed by atoms with Gasteiger partial charge in [0.2, 0.25) is 0 Å². The first-order chi connectivity index (χ1) is 8.38. The highest BCUT2D eigenvalue weighted by molar-refractivity contribution is 5.59. The maximum atomic E-state index is 10.9. The number of hydrogen-bond acceptors (Lipinski definition) is 1. The third-order valence-corrected chi connectivity index (χ3v) is 3.54. The minimum Gasteiger partial charge on any atom is -0.303 e. The van der Waals surface area contributed by atoms with Gasteiger partial charge in [-0.05, 0) is 40.0 Å². The average Bonchev–Trinajstić information content (AvgIpc) is 2.28. The molecule has 1 aromatic rings. The summed E-state index contributed by atoms with van der Waals surface area (Å²) in [6, 6.07) is 4.58. The lowest BCUT2D eigenvalue weighted by atomic mass is 9.83. The van der Waals surface area contributed by atoms with Crippen LogP contribution in [0.3, 0.4) is 0 Å². The Morgan fingerprint density at radius 2 is 1.33 bits per heavy atom. The minimum atomic E-state index is 0.469. The van der Waals surface area contributed by atoms with E-state index >= 15 is 0 Å². The minimum absolute atomic E-state index is 0.469. The van der Waals surface area contributed by atoms with E-state index in [9.17, 15) is 4.79 Å². The summed E-state index contributed by atoms with van der Waals surface area (Å²) in [6.07, 6.45) is 1.57. The highest BCUT2D eigenvalue weighted by Crippen LogP contribution is 2.32. The summed E-state index contributed by atoms with van der Waals surface area (Å²) < 4.78 is 0. The molecule has 0 fully saturated rings. The Kier molecular flexibility index (Phi) is 5.13. The van der Waals surface area contributed by atoms with E-state index in [0.717, 1.165) is 6.29 Å². The van der Waals surface area contributed by atoms with Crippen LogP contribution in [0.1, 0.15) is 81.5 Å². The normalized spacial score (nSPS) is 11.6. The smallest absolute Gasteiger partial charge is 0.124 e. The van der Waals surface area contributed by atoms with Crippen LogP contribution in [-0.2, 0) is 11.2 Å². The second-order valence-corrected chi connectivity index (χ2v) is 6.01. The van der Waals surface area contributed by atoms with Gasteiger partial charge >= 0.3 is 0 Å². The molecule has 0 aromatic heterocycles. The van der Waals surface area contributed by atoms with Gasteiger partial charge in [-0.3, -0.25) is 0 Å². The standard InChI is InChI=1S/C17H26O/c1-11(2)14-9-16(12(3)4)15(7-8-18)17(10-14)13(5)6/h8-13H,7H2,1-6H3. The summed E-state index contributed by atoms with van der Waals surface area (Å²) in [5.74, 6) is 1.47. The maximum Gasteiger partial charge on any atom is 0.124 e. The molecule has 18 heavy (non-hydrogen) atoms. The van der Waals surface area contributed by atoms with Crippen LogP contribution in [0.2, 0.25) is 0 Å². The zero-order chi connectivity index (χ0) is 13.9. The average molecular weight is 246 g/mol. The second-order valence-electron chi connectivity index (χ2n) is 6.01. The quantitative estimate of drug-likeness (QED) is 0.682. The van der Waals surface area contributed by atoms with Crippen molar-refractivity contribution in [3.8, 4) is 0 Å². The van der Waals surface area contributed by atoms with E-state index in [1.54, 1.807) is 0 Å². The molecule has 0 unspecified atom stereocenters. The summed E-state index contributed by atoms with van der Waals surface area (Å²) in [5.41, 5.74) is 5.32. The van der Waals surface area contributed by atoms with Crippen LogP contribution in [0.25, 0.3) is 0 Å². The molecule has 0 saturated heterocycles. The van der Waals surface area contributed by atoms with Gasteiger partial charge in [0.1, 0.15) is 6.29 Å². The summed E-state index contributed by atoms with van der Waals surface area (Å²) in [7, 11) is 0. The maximum absolute atomic E-state index is 10.9. The largest absolute Gasteiger partial charge is 0.303 e. The first-order valence-electron chi connectivity index (χ1n) is 6.98. The Morgan fingerprint density at radius 3 is 1.61 bits per heavy atom. The van der Waals surface area contributed by atoms with E-state index in [-0.39, 0.29) is 0 Å². The topological polar surface area (TPSA) is 17.1 Å². The van der Waals surface area contributed by atoms with Crippen molar-refractivity contribution < 1.29 is 4.79 Å². The van der Waals surface area contributed by atoms with Gasteiger partial charge in [0.25, 0.3) is 0 Å². The van der Waals surface area contributed by atoms with Crippen LogP contribution >= 0.6 is 0 Å². The van der Waals surface area contributed by atoms with Crippen molar-refractivity contribution in [3.05, 3.63) is 34.4 Å². The van der Waals surface area contributed by atoms with Gasteiger partial charge in [-0.1, -0.05) is 53.7 Å². The third-order valence-electron chi connectivity index (χ3n) is 3.54. The molecule has 0 N–H and O–H groups in total. The predicted molar refractivity (Wildman–Crippen MR) is 78.5 cm³/mol. The SMILES string of the molecule is CC(C)c1cc(C(C)C)c(CC=O)c(C(C)C)c1. The highest BCUT2D eigenvalue weighted by atomic mass is 16.1. The first kappa shape index (κ1) is 14.9. The van der Waals surface area contributed by atoms with Gasteiger partial charge < -0.3 is 4.79 Å². The molecule has 0 heterocycles. The lowest BCUT2D eigenvalue weighted by molar-refractivity contribution is -0.107. The van der Waals surface area contributed by atoms with Crippen LogP contribution in [0.15, 0.2) is 12.1 Å². The van der Waals surface area contributed by atoms with Crippen molar-refractivity contribution in [1.29, 1.82) is 0 Å². The molecule has 0 saturated carbocycles. The Hall–Kier alpha value is -1.11. The van der Waals surface area contributed by atoms with Gasteiger partial charge in [-0.2, -0.15) is 0 Å². The van der Waals surface area contributed by atoms with E-state index in [4.69, 9.17) is 0 Å². The van der Waals surface area contributed by atoms with Crippen LogP contribution in [-0.4, -0.2) is 6.29 Å². The van der Waals surface area contributed by atoms with Crippen molar-refractivity contribution in [2.45, 2.75) is 65.7 Å². The third kappa shape index (κ3) is 3.22. The fraction of sp³-hybridized carbons (Fsp3) is 0.588. The molecule has 0 aliphatic rings. The zero-order valence-electron chi connectivity index (χ0n) is 12.6. The molecule has 1 nitrogen and oxygen atoms in total. The highest BCUT2D eigenvalue weighted by Gasteiger charge is 2.16. The van der Waals surface area contributed by atoms with Crippen LogP contribution in [0, 0.1) is 0 Å². The number of hydrogen-bond donors (Lipinski definition) is 0. The molecule has 1 heteroatoms. The lowest BCUT2D eigenvalue weighted by Gasteiger charge is -2.21. The fourth-order valence-electron chi connectivity index (χ4n) is 2.42. The zero-order valence-corrected chi connectivity index (χ0v) is 12.6. The molecule has 1 aromatic carbocycles. The second kappa shape index (κ2) is 6.17. The molecule has 0 bridgehead atoms. The van der Waals surface area contributed by atoms with Gasteiger partial charge in [-0.25, -0.2) is 0 Å². The number of aldehydes is 1. The summed E-state index contributed by atoms with van der Waals surface area (Å²) in [6.45, 7) is 13.3. The number of benzene rings is 1. The summed E-state index contributed by atoms with van der Waals surface area (Å²) in [5, 5.41) is 0. The molecule has 0 aliphatic heterocycles. The van der Waals surface area contributed by atoms with Gasteiger partial charge in [0.15, 0.2) is 0 Å². The molecular weight excluding hydrogens is 220 g/mol. The van der Waals surface area contributed by atoms with E-state index in [1.165, 1.54) is 22.3 Å². The van der Waals surface area contributed by atoms with Crippen molar-refractivity contribution in [2.24, 2.45) is 0 Å². The van der Waals surface area contributed by atoms with E-state index in [2.05, 4.69) is 53.7 Å². The number of carbonyl (C=O) groups is 1. The molecule has 100 valence electrons. The molecule has 0 aliphatic carbocycles. The first-order valence-corrected chi connectivity index (χ1v) is 6.98. The lowest BCUT2D eigenvalue weighted by Crippen LogP contribution is -2.07. The molecule has 0 atom stereocenters. The molecule has 1 rings (SSSR count). The Morgan fingerprint density at radius 1 is 0.889 bits per heavy atom.